The molecule has 0 N–H and O–H groups in total. The van der Waals surface area contributed by atoms with Crippen LogP contribution in [0.25, 0.3) is 5.69 Å². The molecule has 1 aliphatic rings. The Morgan fingerprint density at radius 3 is 2.62 bits per heavy atom. The number of amides is 1. The van der Waals surface area contributed by atoms with Crippen LogP contribution in [0.4, 0.5) is 0 Å². The number of hydrogen-bond acceptors (Lipinski definition) is 4. The van der Waals surface area contributed by atoms with Crippen molar-refractivity contribution in [2.75, 3.05) is 6.54 Å². The van der Waals surface area contributed by atoms with Crippen LogP contribution in [0.2, 0.25) is 0 Å². The molecule has 1 atom stereocenters. The number of likely N-dealkylation sites (tertiary alicyclic amines) is 1. The molecule has 0 bridgehead atoms. The number of tetrazole rings is 1. The molecule has 1 aliphatic heterocycles. The van der Waals surface area contributed by atoms with E-state index in [1.54, 1.807) is 4.68 Å². The fourth-order valence-electron chi connectivity index (χ4n) is 3.58. The Balaban J connectivity index is 1.43. The molecule has 1 fully saturated rings. The van der Waals surface area contributed by atoms with Crippen molar-refractivity contribution in [3.63, 3.8) is 0 Å². The molecule has 26 heavy (non-hydrogen) atoms. The van der Waals surface area contributed by atoms with E-state index in [4.69, 9.17) is 0 Å². The third-order valence-corrected chi connectivity index (χ3v) is 4.97. The van der Waals surface area contributed by atoms with Gasteiger partial charge >= 0.3 is 0 Å². The monoisotopic (exact) mass is 347 g/mol. The second-order valence-corrected chi connectivity index (χ2v) is 6.62. The van der Waals surface area contributed by atoms with Crippen molar-refractivity contribution in [2.24, 2.45) is 0 Å². The van der Waals surface area contributed by atoms with Gasteiger partial charge in [-0.3, -0.25) is 4.79 Å². The molecule has 6 heteroatoms. The van der Waals surface area contributed by atoms with Crippen LogP contribution in [0.1, 0.15) is 35.2 Å². The van der Waals surface area contributed by atoms with Crippen LogP contribution >= 0.6 is 0 Å². The van der Waals surface area contributed by atoms with Gasteiger partial charge in [0.1, 0.15) is 6.33 Å². The maximum Gasteiger partial charge on any atom is 0.254 e. The first-order valence-electron chi connectivity index (χ1n) is 8.99. The van der Waals surface area contributed by atoms with Crippen LogP contribution in [0.15, 0.2) is 60.9 Å². The average Bonchev–Trinajstić information content (AvgIpc) is 3.39. The quantitative estimate of drug-likeness (QED) is 0.712. The van der Waals surface area contributed by atoms with Crippen molar-refractivity contribution in [1.29, 1.82) is 0 Å². The van der Waals surface area contributed by atoms with Crippen LogP contribution in [-0.4, -0.2) is 43.6 Å². The molecule has 132 valence electrons. The molecule has 1 saturated heterocycles. The number of carbonyl (C=O) groups excluding carboxylic acids is 1. The lowest BCUT2D eigenvalue weighted by molar-refractivity contribution is 0.0730. The zero-order valence-electron chi connectivity index (χ0n) is 14.5. The summed E-state index contributed by atoms with van der Waals surface area (Å²) in [6, 6.07) is 18.3. The zero-order chi connectivity index (χ0) is 17.8. The van der Waals surface area contributed by atoms with E-state index >= 15 is 0 Å². The van der Waals surface area contributed by atoms with E-state index in [2.05, 4.69) is 39.8 Å². The normalized spacial score (nSPS) is 16.8. The molecule has 4 rings (SSSR count). The molecule has 2 heterocycles. The smallest absolute Gasteiger partial charge is 0.254 e. The molecule has 2 aromatic carbocycles. The Bertz CT molecular complexity index is 846. The molecule has 1 aromatic heterocycles. The number of hydrogen-bond donors (Lipinski definition) is 0. The number of aromatic nitrogens is 4. The van der Waals surface area contributed by atoms with Crippen LogP contribution in [0, 0.1) is 0 Å². The average molecular weight is 347 g/mol. The molecular formula is C20H21N5O. The van der Waals surface area contributed by atoms with Gasteiger partial charge in [-0.25, -0.2) is 4.68 Å². The molecule has 3 aromatic rings. The highest BCUT2D eigenvalue weighted by Crippen LogP contribution is 2.24. The Kier molecular flexibility index (Phi) is 4.73. The van der Waals surface area contributed by atoms with Crippen LogP contribution in [-0.2, 0) is 6.42 Å². The number of aryl methyl sites for hydroxylation is 1. The Morgan fingerprint density at radius 1 is 1.08 bits per heavy atom. The Labute approximate surface area is 152 Å². The second kappa shape index (κ2) is 7.47. The predicted octanol–water partition coefficient (Wildman–Crippen LogP) is 2.90. The van der Waals surface area contributed by atoms with Gasteiger partial charge in [0, 0.05) is 18.2 Å². The van der Waals surface area contributed by atoms with Crippen molar-refractivity contribution in [1.82, 2.24) is 25.1 Å². The fourth-order valence-corrected chi connectivity index (χ4v) is 3.58. The summed E-state index contributed by atoms with van der Waals surface area (Å²) in [6.45, 7) is 0.840. The van der Waals surface area contributed by atoms with Gasteiger partial charge in [0.05, 0.1) is 5.69 Å². The van der Waals surface area contributed by atoms with E-state index in [-0.39, 0.29) is 5.91 Å². The lowest BCUT2D eigenvalue weighted by atomic mass is 10.0. The fraction of sp³-hybridized carbons (Fsp3) is 0.300. The first kappa shape index (κ1) is 16.4. The highest BCUT2D eigenvalue weighted by Gasteiger charge is 2.29. The number of benzene rings is 2. The highest BCUT2D eigenvalue weighted by molar-refractivity contribution is 5.94. The first-order chi connectivity index (χ1) is 12.8. The summed E-state index contributed by atoms with van der Waals surface area (Å²) in [7, 11) is 0. The molecule has 0 radical (unpaired) electrons. The van der Waals surface area contributed by atoms with Gasteiger partial charge in [-0.15, -0.1) is 5.10 Å². The molecule has 0 saturated carbocycles. The van der Waals surface area contributed by atoms with Crippen LogP contribution < -0.4 is 0 Å². The summed E-state index contributed by atoms with van der Waals surface area (Å²) in [6.07, 6.45) is 5.72. The SMILES string of the molecule is O=C(c1ccc(-n2cnnn2)cc1)N1CCC[C@@H]1CCc1ccccc1. The third-order valence-electron chi connectivity index (χ3n) is 4.97. The van der Waals surface area contributed by atoms with Crippen LogP contribution in [0.3, 0.4) is 0 Å². The summed E-state index contributed by atoms with van der Waals surface area (Å²) < 4.78 is 1.58. The van der Waals surface area contributed by atoms with Gasteiger partial charge in [-0.05, 0) is 65.9 Å². The van der Waals surface area contributed by atoms with Crippen molar-refractivity contribution in [3.8, 4) is 5.69 Å². The molecular weight excluding hydrogens is 326 g/mol. The molecule has 6 nitrogen and oxygen atoms in total. The minimum atomic E-state index is 0.115. The number of carbonyl (C=O) groups is 1. The lowest BCUT2D eigenvalue weighted by Gasteiger charge is -2.25. The Morgan fingerprint density at radius 2 is 1.88 bits per heavy atom. The summed E-state index contributed by atoms with van der Waals surface area (Å²) >= 11 is 0. The minimum absolute atomic E-state index is 0.115. The summed E-state index contributed by atoms with van der Waals surface area (Å²) in [5.41, 5.74) is 2.89. The van der Waals surface area contributed by atoms with E-state index in [1.165, 1.54) is 11.9 Å². The molecule has 0 aliphatic carbocycles. The Hall–Kier alpha value is -3.02. The van der Waals surface area contributed by atoms with Gasteiger partial charge < -0.3 is 4.90 Å². The maximum atomic E-state index is 12.9. The maximum absolute atomic E-state index is 12.9. The molecule has 1 amide bonds. The third kappa shape index (κ3) is 3.49. The summed E-state index contributed by atoms with van der Waals surface area (Å²) in [5, 5.41) is 11.1. The van der Waals surface area contributed by atoms with Crippen molar-refractivity contribution in [3.05, 3.63) is 72.1 Å². The van der Waals surface area contributed by atoms with Crippen molar-refractivity contribution < 1.29 is 4.79 Å². The zero-order valence-corrected chi connectivity index (χ0v) is 14.5. The number of nitrogens with zero attached hydrogens (tertiary/aromatic N) is 5. The van der Waals surface area contributed by atoms with Gasteiger partial charge in [0.2, 0.25) is 0 Å². The summed E-state index contributed by atoms with van der Waals surface area (Å²) in [4.78, 5) is 15.0. The molecule has 0 unspecified atom stereocenters. The van der Waals surface area contributed by atoms with Gasteiger partial charge in [-0.1, -0.05) is 30.3 Å². The van der Waals surface area contributed by atoms with Crippen LogP contribution in [0.5, 0.6) is 0 Å². The number of rotatable bonds is 5. The van der Waals surface area contributed by atoms with E-state index in [1.807, 2.05) is 35.2 Å². The van der Waals surface area contributed by atoms with Gasteiger partial charge in [-0.2, -0.15) is 0 Å². The molecule has 0 spiro atoms. The van der Waals surface area contributed by atoms with Gasteiger partial charge in [0.25, 0.3) is 5.91 Å². The topological polar surface area (TPSA) is 63.9 Å². The van der Waals surface area contributed by atoms with E-state index < -0.39 is 0 Å². The lowest BCUT2D eigenvalue weighted by Crippen LogP contribution is -2.35. The highest BCUT2D eigenvalue weighted by atomic mass is 16.2. The van der Waals surface area contributed by atoms with E-state index in [9.17, 15) is 4.79 Å². The summed E-state index contributed by atoms with van der Waals surface area (Å²) in [5.74, 6) is 0.115. The van der Waals surface area contributed by atoms with Gasteiger partial charge in [0.15, 0.2) is 0 Å². The van der Waals surface area contributed by atoms with E-state index in [0.29, 0.717) is 11.6 Å². The largest absolute Gasteiger partial charge is 0.336 e. The standard InChI is InChI=1S/C20H21N5O/c26-20(17-9-12-19(13-10-17)25-15-21-22-23-25)24-14-4-7-18(24)11-8-16-5-2-1-3-6-16/h1-3,5-6,9-10,12-13,15,18H,4,7-8,11,14H2/t18-/m1/s1. The van der Waals surface area contributed by atoms with E-state index in [0.717, 1.165) is 37.9 Å². The van der Waals surface area contributed by atoms with Crippen molar-refractivity contribution in [2.45, 2.75) is 31.7 Å². The minimum Gasteiger partial charge on any atom is -0.336 e. The predicted molar refractivity (Wildman–Crippen MR) is 98.0 cm³/mol. The first-order valence-corrected chi connectivity index (χ1v) is 8.99. The van der Waals surface area contributed by atoms with Crippen molar-refractivity contribution >= 4 is 5.91 Å². The second-order valence-electron chi connectivity index (χ2n) is 6.62.